The predicted octanol–water partition coefficient (Wildman–Crippen LogP) is 8.86. The van der Waals surface area contributed by atoms with Gasteiger partial charge in [-0.25, -0.2) is 9.07 Å². The van der Waals surface area contributed by atoms with Crippen LogP contribution in [0.15, 0.2) is 67.0 Å². The summed E-state index contributed by atoms with van der Waals surface area (Å²) in [6, 6.07) is 18.6. The lowest BCUT2D eigenvalue weighted by Crippen LogP contribution is -2.13. The first-order valence-electron chi connectivity index (χ1n) is 13.1. The predicted molar refractivity (Wildman–Crippen MR) is 161 cm³/mol. The Morgan fingerprint density at radius 1 is 1.02 bits per heavy atom. The van der Waals surface area contributed by atoms with E-state index in [2.05, 4.69) is 32.0 Å². The quantitative estimate of drug-likeness (QED) is 0.180. The summed E-state index contributed by atoms with van der Waals surface area (Å²) >= 11 is 18.7. The number of nitrogens with zero attached hydrogens (tertiary/aromatic N) is 5. The highest BCUT2D eigenvalue weighted by Gasteiger charge is 2.23. The second kappa shape index (κ2) is 11.5. The molecule has 7 nitrogen and oxygen atoms in total. The molecule has 0 saturated heterocycles. The number of halogens is 4. The minimum atomic E-state index is -0.733. The van der Waals surface area contributed by atoms with E-state index in [0.29, 0.717) is 33.3 Å². The van der Waals surface area contributed by atoms with Crippen LogP contribution in [0.4, 0.5) is 21.5 Å². The third kappa shape index (κ3) is 5.41. The summed E-state index contributed by atoms with van der Waals surface area (Å²) in [5.41, 5.74) is 3.45. The van der Waals surface area contributed by atoms with Crippen LogP contribution < -0.4 is 10.6 Å². The minimum absolute atomic E-state index is 0.0589. The van der Waals surface area contributed by atoms with E-state index in [1.165, 1.54) is 31.2 Å². The number of pyridine rings is 1. The van der Waals surface area contributed by atoms with Crippen LogP contribution in [0.2, 0.25) is 15.1 Å². The molecule has 5 aromatic rings. The smallest absolute Gasteiger partial charge is 0.166 e. The Morgan fingerprint density at radius 3 is 2.56 bits per heavy atom. The maximum absolute atomic E-state index is 15.0. The van der Waals surface area contributed by atoms with Crippen LogP contribution in [0.5, 0.6) is 0 Å². The van der Waals surface area contributed by atoms with E-state index in [-0.39, 0.29) is 27.3 Å². The number of nitrogens with one attached hydrogen (secondary N) is 2. The van der Waals surface area contributed by atoms with Gasteiger partial charge in [-0.1, -0.05) is 83.2 Å². The van der Waals surface area contributed by atoms with Crippen molar-refractivity contribution in [2.45, 2.75) is 37.8 Å². The van der Waals surface area contributed by atoms with Gasteiger partial charge in [0, 0.05) is 17.3 Å². The van der Waals surface area contributed by atoms with E-state index < -0.39 is 5.82 Å². The van der Waals surface area contributed by atoms with Gasteiger partial charge in [-0.15, -0.1) is 5.10 Å². The maximum atomic E-state index is 15.0. The molecular formula is C30H23Cl3FN7. The van der Waals surface area contributed by atoms with Crippen molar-refractivity contribution in [3.63, 3.8) is 0 Å². The van der Waals surface area contributed by atoms with Gasteiger partial charge in [0.25, 0.3) is 0 Å². The topological polar surface area (TPSA) is 91.5 Å². The van der Waals surface area contributed by atoms with Gasteiger partial charge in [-0.2, -0.15) is 5.26 Å². The van der Waals surface area contributed by atoms with Crippen molar-refractivity contribution >= 4 is 62.8 Å². The molecule has 11 heteroatoms. The van der Waals surface area contributed by atoms with Crippen molar-refractivity contribution in [1.29, 1.82) is 5.26 Å². The van der Waals surface area contributed by atoms with Crippen LogP contribution in [0.25, 0.3) is 10.9 Å². The monoisotopic (exact) mass is 605 g/mol. The summed E-state index contributed by atoms with van der Waals surface area (Å²) in [6.07, 6.45) is 7.96. The number of hydrogen-bond donors (Lipinski definition) is 2. The molecule has 1 atom stereocenters. The summed E-state index contributed by atoms with van der Waals surface area (Å²) in [5.74, 6) is -0.733. The van der Waals surface area contributed by atoms with Crippen LogP contribution >= 0.6 is 34.8 Å². The molecule has 2 N–H and O–H groups in total. The number of benzene rings is 3. The highest BCUT2D eigenvalue weighted by molar-refractivity contribution is 6.42. The molecule has 0 radical (unpaired) electrons. The molecule has 0 bridgehead atoms. The Bertz CT molecular complexity index is 1780. The molecule has 1 aliphatic rings. The molecule has 0 spiro atoms. The van der Waals surface area contributed by atoms with Crippen LogP contribution in [-0.2, 0) is 0 Å². The van der Waals surface area contributed by atoms with Crippen molar-refractivity contribution in [2.24, 2.45) is 0 Å². The van der Waals surface area contributed by atoms with Gasteiger partial charge in [0.05, 0.1) is 55.8 Å². The third-order valence-electron chi connectivity index (χ3n) is 7.31. The van der Waals surface area contributed by atoms with Crippen molar-refractivity contribution in [3.8, 4) is 6.07 Å². The lowest BCUT2D eigenvalue weighted by Gasteiger charge is -2.20. The second-order valence-corrected chi connectivity index (χ2v) is 11.1. The van der Waals surface area contributed by atoms with Crippen molar-refractivity contribution in [2.75, 3.05) is 10.6 Å². The third-order valence-corrected chi connectivity index (χ3v) is 8.38. The summed E-state index contributed by atoms with van der Waals surface area (Å²) in [6.45, 7) is 0. The van der Waals surface area contributed by atoms with Crippen molar-refractivity contribution < 1.29 is 4.39 Å². The Labute approximate surface area is 250 Å². The van der Waals surface area contributed by atoms with Gasteiger partial charge in [0.2, 0.25) is 0 Å². The van der Waals surface area contributed by atoms with Crippen molar-refractivity contribution in [1.82, 2.24) is 20.0 Å². The molecule has 0 unspecified atom stereocenters. The Morgan fingerprint density at radius 2 is 1.80 bits per heavy atom. The first kappa shape index (κ1) is 27.3. The van der Waals surface area contributed by atoms with Crippen molar-refractivity contribution in [3.05, 3.63) is 105 Å². The second-order valence-electron chi connectivity index (χ2n) is 9.91. The fourth-order valence-electron chi connectivity index (χ4n) is 5.23. The summed E-state index contributed by atoms with van der Waals surface area (Å²) in [5, 5.41) is 26.1. The Hall–Kier alpha value is -3.90. The first-order chi connectivity index (χ1) is 19.9. The zero-order valence-electron chi connectivity index (χ0n) is 21.6. The lowest BCUT2D eigenvalue weighted by molar-refractivity contribution is 0.454. The molecule has 2 aromatic heterocycles. The number of aromatic nitrogens is 4. The fraction of sp³-hybridized carbons (Fsp3) is 0.200. The normalized spacial score (nSPS) is 14.2. The van der Waals surface area contributed by atoms with Gasteiger partial charge < -0.3 is 10.6 Å². The van der Waals surface area contributed by atoms with Gasteiger partial charge in [-0.05, 0) is 42.7 Å². The average molecular weight is 607 g/mol. The van der Waals surface area contributed by atoms with Gasteiger partial charge in [0.1, 0.15) is 11.8 Å². The lowest BCUT2D eigenvalue weighted by atomic mass is 10.0. The summed E-state index contributed by atoms with van der Waals surface area (Å²) in [7, 11) is 0. The molecule has 1 fully saturated rings. The molecule has 1 saturated carbocycles. The maximum Gasteiger partial charge on any atom is 0.166 e. The van der Waals surface area contributed by atoms with E-state index in [1.54, 1.807) is 6.07 Å². The minimum Gasteiger partial charge on any atom is -0.373 e. The Balaban J connectivity index is 1.43. The van der Waals surface area contributed by atoms with E-state index in [0.717, 1.165) is 24.1 Å². The molecule has 3 aromatic carbocycles. The first-order valence-corrected chi connectivity index (χ1v) is 14.2. The molecule has 41 heavy (non-hydrogen) atoms. The van der Waals surface area contributed by atoms with Crippen LogP contribution in [0.1, 0.15) is 54.6 Å². The molecule has 0 amide bonds. The SMILES string of the molecule is N#Cc1cnc2c(Cl)cc(N[C@@H](c3ccccc3)c3cn(C4CCCC4)nn3)cc2c1Nc1ccc(Cl)c(Cl)c1F. The zero-order valence-corrected chi connectivity index (χ0v) is 23.8. The van der Waals surface area contributed by atoms with Gasteiger partial charge in [0.15, 0.2) is 5.82 Å². The van der Waals surface area contributed by atoms with Gasteiger partial charge in [-0.3, -0.25) is 4.98 Å². The van der Waals surface area contributed by atoms with E-state index in [9.17, 15) is 9.65 Å². The molecular weight excluding hydrogens is 584 g/mol. The summed E-state index contributed by atoms with van der Waals surface area (Å²) < 4.78 is 16.9. The number of fused-ring (bicyclic) bond motifs is 1. The van der Waals surface area contributed by atoms with E-state index in [4.69, 9.17) is 34.8 Å². The molecule has 6 rings (SSSR count). The zero-order chi connectivity index (χ0) is 28.5. The molecule has 206 valence electrons. The summed E-state index contributed by atoms with van der Waals surface area (Å²) in [4.78, 5) is 4.40. The van der Waals surface area contributed by atoms with E-state index >= 15 is 0 Å². The number of anilines is 3. The fourth-order valence-corrected chi connectivity index (χ4v) is 5.81. The van der Waals surface area contributed by atoms with Gasteiger partial charge >= 0.3 is 0 Å². The Kier molecular flexibility index (Phi) is 7.67. The van der Waals surface area contributed by atoms with Crippen LogP contribution in [0, 0.1) is 17.1 Å². The highest BCUT2D eigenvalue weighted by atomic mass is 35.5. The number of hydrogen-bond acceptors (Lipinski definition) is 6. The molecule has 2 heterocycles. The number of rotatable bonds is 7. The number of nitriles is 1. The largest absolute Gasteiger partial charge is 0.373 e. The standard InChI is InChI=1S/C30H23Cl3FN7/c31-22-10-11-24(27(34)26(22)33)38-28-18(14-35)15-36-30-21(28)12-19(13-23(30)32)37-29(17-6-2-1-3-7-17)25-16-41(40-39-25)20-8-4-5-9-20/h1-3,6-7,10-13,15-16,20,29,37H,4-5,8-9H2,(H,36,38)/t29-/m0/s1. The van der Waals surface area contributed by atoms with Crippen LogP contribution in [0.3, 0.4) is 0 Å². The van der Waals surface area contributed by atoms with E-state index in [1.807, 2.05) is 47.3 Å². The molecule has 1 aliphatic carbocycles. The van der Waals surface area contributed by atoms with Crippen LogP contribution in [-0.4, -0.2) is 20.0 Å². The highest BCUT2D eigenvalue weighted by Crippen LogP contribution is 2.39. The average Bonchev–Trinajstić information content (AvgIpc) is 3.70. The molecule has 0 aliphatic heterocycles.